The highest BCUT2D eigenvalue weighted by Gasteiger charge is 2.19. The topological polar surface area (TPSA) is 101 Å². The van der Waals surface area contributed by atoms with E-state index in [4.69, 9.17) is 8.94 Å². The Morgan fingerprint density at radius 1 is 1.14 bits per heavy atom. The fourth-order valence-corrected chi connectivity index (χ4v) is 3.23. The number of aryl methyl sites for hydroxylation is 2. The van der Waals surface area contributed by atoms with Gasteiger partial charge in [0.1, 0.15) is 5.76 Å². The van der Waals surface area contributed by atoms with Gasteiger partial charge >= 0.3 is 5.69 Å². The number of imidazole rings is 1. The van der Waals surface area contributed by atoms with Crippen molar-refractivity contribution in [2.45, 2.75) is 46.3 Å². The quantitative estimate of drug-likeness (QED) is 0.485. The Bertz CT molecular complexity index is 1210. The second kappa shape index (κ2) is 7.34. The maximum Gasteiger partial charge on any atom is 0.333 e. The van der Waals surface area contributed by atoms with Crippen LogP contribution in [-0.2, 0) is 19.6 Å². The Balaban J connectivity index is 1.89. The van der Waals surface area contributed by atoms with E-state index in [9.17, 15) is 9.59 Å². The normalized spacial score (nSPS) is 11.5. The average molecular weight is 383 g/mol. The van der Waals surface area contributed by atoms with Crippen molar-refractivity contribution < 1.29 is 8.94 Å². The first-order valence-electron chi connectivity index (χ1n) is 9.21. The van der Waals surface area contributed by atoms with Gasteiger partial charge in [0, 0.05) is 12.6 Å². The van der Waals surface area contributed by atoms with Crippen molar-refractivity contribution in [3.05, 3.63) is 68.8 Å². The van der Waals surface area contributed by atoms with Crippen molar-refractivity contribution in [3.8, 4) is 0 Å². The number of hydrogen-bond acceptors (Lipinski definition) is 6. The van der Waals surface area contributed by atoms with Crippen molar-refractivity contribution in [2.24, 2.45) is 0 Å². The second-order valence-electron chi connectivity index (χ2n) is 6.74. The van der Waals surface area contributed by atoms with Crippen LogP contribution in [0.3, 0.4) is 0 Å². The number of nitrogens with zero attached hydrogens (tertiary/aromatic N) is 5. The summed E-state index contributed by atoms with van der Waals surface area (Å²) in [6.45, 7) is 4.69. The highest BCUT2D eigenvalue weighted by Crippen LogP contribution is 2.12. The summed E-state index contributed by atoms with van der Waals surface area (Å²) in [5, 5.41) is 3.83. The number of hydrogen-bond donors (Lipinski definition) is 0. The van der Waals surface area contributed by atoms with Gasteiger partial charge in [0.15, 0.2) is 16.9 Å². The monoisotopic (exact) mass is 383 g/mol. The Labute approximate surface area is 159 Å². The molecule has 0 saturated carbocycles. The van der Waals surface area contributed by atoms with Crippen LogP contribution < -0.4 is 11.2 Å². The summed E-state index contributed by atoms with van der Waals surface area (Å²) in [5.74, 6) is 1.15. The molecule has 0 aliphatic rings. The van der Waals surface area contributed by atoms with E-state index in [1.165, 1.54) is 4.57 Å². The van der Waals surface area contributed by atoms with Crippen LogP contribution in [0.25, 0.3) is 11.2 Å². The van der Waals surface area contributed by atoms with Crippen molar-refractivity contribution in [2.75, 3.05) is 0 Å². The molecule has 4 aromatic heterocycles. The SMILES string of the molecule is CCCCn1c(=O)n(Cc2cc(C)no2)c(=O)c2c1ncn2Cc1ccco1. The van der Waals surface area contributed by atoms with Crippen LogP contribution in [0.15, 0.2) is 49.3 Å². The van der Waals surface area contributed by atoms with E-state index in [0.29, 0.717) is 41.5 Å². The zero-order chi connectivity index (χ0) is 19.7. The van der Waals surface area contributed by atoms with Crippen molar-refractivity contribution in [1.29, 1.82) is 0 Å². The van der Waals surface area contributed by atoms with Gasteiger partial charge in [0.05, 0.1) is 31.4 Å². The average Bonchev–Trinajstić information content (AvgIpc) is 3.41. The molecule has 9 nitrogen and oxygen atoms in total. The highest BCUT2D eigenvalue weighted by molar-refractivity contribution is 5.70. The zero-order valence-corrected chi connectivity index (χ0v) is 15.8. The van der Waals surface area contributed by atoms with Crippen LogP contribution in [0, 0.1) is 6.92 Å². The summed E-state index contributed by atoms with van der Waals surface area (Å²) in [7, 11) is 0. The van der Waals surface area contributed by atoms with E-state index >= 15 is 0 Å². The third kappa shape index (κ3) is 3.19. The molecule has 0 fully saturated rings. The van der Waals surface area contributed by atoms with Gasteiger partial charge in [0.2, 0.25) is 0 Å². The van der Waals surface area contributed by atoms with Gasteiger partial charge in [-0.25, -0.2) is 9.78 Å². The summed E-state index contributed by atoms with van der Waals surface area (Å²) in [6, 6.07) is 5.33. The Morgan fingerprint density at radius 2 is 2.00 bits per heavy atom. The molecular formula is C19H21N5O4. The molecule has 0 aliphatic carbocycles. The number of furan rings is 1. The van der Waals surface area contributed by atoms with Crippen LogP contribution in [0.1, 0.15) is 37.0 Å². The van der Waals surface area contributed by atoms with Crippen molar-refractivity contribution in [1.82, 2.24) is 23.8 Å². The van der Waals surface area contributed by atoms with Crippen LogP contribution in [0.4, 0.5) is 0 Å². The first-order valence-corrected chi connectivity index (χ1v) is 9.21. The minimum absolute atomic E-state index is 0.0203. The molecule has 0 radical (unpaired) electrons. The van der Waals surface area contributed by atoms with Gasteiger partial charge in [0.25, 0.3) is 5.56 Å². The molecule has 0 atom stereocenters. The van der Waals surface area contributed by atoms with E-state index in [-0.39, 0.29) is 6.54 Å². The maximum absolute atomic E-state index is 13.2. The molecule has 4 rings (SSSR count). The molecule has 146 valence electrons. The van der Waals surface area contributed by atoms with E-state index < -0.39 is 11.2 Å². The fourth-order valence-electron chi connectivity index (χ4n) is 3.23. The van der Waals surface area contributed by atoms with E-state index in [2.05, 4.69) is 10.1 Å². The molecule has 0 spiro atoms. The molecule has 28 heavy (non-hydrogen) atoms. The lowest BCUT2D eigenvalue weighted by Gasteiger charge is -2.11. The van der Waals surface area contributed by atoms with Gasteiger partial charge < -0.3 is 13.5 Å². The Kier molecular flexibility index (Phi) is 4.72. The van der Waals surface area contributed by atoms with E-state index in [1.54, 1.807) is 40.8 Å². The molecule has 4 heterocycles. The summed E-state index contributed by atoms with van der Waals surface area (Å²) < 4.78 is 15.1. The molecule has 0 amide bonds. The van der Waals surface area contributed by atoms with E-state index in [0.717, 1.165) is 12.8 Å². The molecule has 0 aromatic carbocycles. The van der Waals surface area contributed by atoms with Crippen LogP contribution >= 0.6 is 0 Å². The standard InChI is InChI=1S/C19H21N5O4/c1-3-4-7-23-17-16(22(12-20-17)10-14-6-5-8-27-14)18(25)24(19(23)26)11-15-9-13(2)21-28-15/h5-6,8-9,12H,3-4,7,10-11H2,1-2H3. The molecule has 0 unspecified atom stereocenters. The van der Waals surface area contributed by atoms with E-state index in [1.807, 2.05) is 13.0 Å². The van der Waals surface area contributed by atoms with Gasteiger partial charge in [-0.05, 0) is 25.5 Å². The molecule has 4 aromatic rings. The Morgan fingerprint density at radius 3 is 2.68 bits per heavy atom. The smallest absolute Gasteiger partial charge is 0.333 e. The third-order valence-electron chi connectivity index (χ3n) is 4.62. The van der Waals surface area contributed by atoms with Crippen LogP contribution in [0.5, 0.6) is 0 Å². The lowest BCUT2D eigenvalue weighted by atomic mass is 10.3. The fraction of sp³-hybridized carbons (Fsp3) is 0.368. The van der Waals surface area contributed by atoms with Crippen LogP contribution in [-0.4, -0.2) is 23.8 Å². The summed E-state index contributed by atoms with van der Waals surface area (Å²) >= 11 is 0. The summed E-state index contributed by atoms with van der Waals surface area (Å²) in [4.78, 5) is 30.6. The van der Waals surface area contributed by atoms with Crippen molar-refractivity contribution >= 4 is 11.2 Å². The van der Waals surface area contributed by atoms with Crippen LogP contribution in [0.2, 0.25) is 0 Å². The third-order valence-corrected chi connectivity index (χ3v) is 4.62. The molecule has 9 heteroatoms. The Hall–Kier alpha value is -3.36. The van der Waals surface area contributed by atoms with Gasteiger partial charge in [-0.3, -0.25) is 13.9 Å². The largest absolute Gasteiger partial charge is 0.467 e. The van der Waals surface area contributed by atoms with Gasteiger partial charge in [-0.1, -0.05) is 18.5 Å². The molecule has 0 bridgehead atoms. The predicted octanol–water partition coefficient (Wildman–Crippen LogP) is 2.15. The number of unbranched alkanes of at least 4 members (excludes halogenated alkanes) is 1. The predicted molar refractivity (Wildman–Crippen MR) is 101 cm³/mol. The second-order valence-corrected chi connectivity index (χ2v) is 6.74. The molecule has 0 N–H and O–H groups in total. The number of aromatic nitrogens is 5. The first kappa shape index (κ1) is 18.0. The number of fused-ring (bicyclic) bond motifs is 1. The molecule has 0 saturated heterocycles. The van der Waals surface area contributed by atoms with Gasteiger partial charge in [-0.2, -0.15) is 0 Å². The van der Waals surface area contributed by atoms with Crippen molar-refractivity contribution in [3.63, 3.8) is 0 Å². The minimum atomic E-state index is -0.411. The summed E-state index contributed by atoms with van der Waals surface area (Å²) in [5.41, 5.74) is 0.635. The first-order chi connectivity index (χ1) is 13.6. The minimum Gasteiger partial charge on any atom is -0.467 e. The van der Waals surface area contributed by atoms with Gasteiger partial charge in [-0.15, -0.1) is 0 Å². The number of rotatable bonds is 7. The lowest BCUT2D eigenvalue weighted by Crippen LogP contribution is -2.41. The molecule has 0 aliphatic heterocycles. The zero-order valence-electron chi connectivity index (χ0n) is 15.8. The molecular weight excluding hydrogens is 362 g/mol. The maximum atomic E-state index is 13.2. The summed E-state index contributed by atoms with van der Waals surface area (Å²) in [6.07, 6.45) is 4.87. The lowest BCUT2D eigenvalue weighted by molar-refractivity contribution is 0.368. The highest BCUT2D eigenvalue weighted by atomic mass is 16.5.